The molecule has 0 bridgehead atoms. The van der Waals surface area contributed by atoms with E-state index in [1.54, 1.807) is 32.6 Å². The van der Waals surface area contributed by atoms with Crippen molar-refractivity contribution in [3.8, 4) is 67.3 Å². The molecule has 2 aliphatic rings. The van der Waals surface area contributed by atoms with Crippen LogP contribution in [0.15, 0.2) is 110 Å². The average Bonchev–Trinajstić information content (AvgIpc) is 4.24. The summed E-state index contributed by atoms with van der Waals surface area (Å²) in [5.41, 5.74) is 9.80. The van der Waals surface area contributed by atoms with Crippen molar-refractivity contribution < 1.29 is 9.59 Å². The van der Waals surface area contributed by atoms with Crippen LogP contribution in [0.1, 0.15) is 52.4 Å². The van der Waals surface area contributed by atoms with Crippen molar-refractivity contribution in [3.63, 3.8) is 0 Å². The topological polar surface area (TPSA) is 205 Å². The third kappa shape index (κ3) is 11.3. The number of aromatic nitrogens is 12. The van der Waals surface area contributed by atoms with Crippen LogP contribution in [0.25, 0.3) is 67.3 Å². The molecule has 2 aliphatic carbocycles. The molecule has 70 heavy (non-hydrogen) atoms. The van der Waals surface area contributed by atoms with E-state index in [0.717, 1.165) is 119 Å². The van der Waals surface area contributed by atoms with E-state index in [2.05, 4.69) is 65.9 Å². The fourth-order valence-electron chi connectivity index (χ4n) is 9.59. The van der Waals surface area contributed by atoms with Gasteiger partial charge in [-0.05, 0) is 60.8 Å². The maximum Gasteiger partial charge on any atom is 0.217 e. The van der Waals surface area contributed by atoms with Gasteiger partial charge < -0.3 is 21.3 Å². The first-order chi connectivity index (χ1) is 33.9. The van der Waals surface area contributed by atoms with Crippen molar-refractivity contribution in [2.24, 2.45) is 40.0 Å². The molecule has 0 aliphatic heterocycles. The van der Waals surface area contributed by atoms with Gasteiger partial charge in [0.25, 0.3) is 0 Å². The molecular weight excluding hydrogens is 881 g/mol. The van der Waals surface area contributed by atoms with Gasteiger partial charge in [-0.25, -0.2) is 19.9 Å². The van der Waals surface area contributed by atoms with Gasteiger partial charge in [0.1, 0.15) is 11.6 Å². The number of carbonyl (C=O) groups excluding carboxylic acids is 2. The Kier molecular flexibility index (Phi) is 14.2. The summed E-state index contributed by atoms with van der Waals surface area (Å²) >= 11 is 0. The van der Waals surface area contributed by atoms with Crippen molar-refractivity contribution in [2.75, 3.05) is 23.7 Å². The predicted molar refractivity (Wildman–Crippen MR) is 271 cm³/mol. The lowest BCUT2D eigenvalue weighted by molar-refractivity contribution is -0.120. The lowest BCUT2D eigenvalue weighted by Crippen LogP contribution is -2.38. The van der Waals surface area contributed by atoms with Gasteiger partial charge in [-0.3, -0.25) is 28.3 Å². The van der Waals surface area contributed by atoms with Crippen LogP contribution >= 0.6 is 0 Å². The van der Waals surface area contributed by atoms with E-state index in [1.807, 2.05) is 114 Å². The third-order valence-corrected chi connectivity index (χ3v) is 13.1. The summed E-state index contributed by atoms with van der Waals surface area (Å²) in [5.74, 6) is 3.59. The number of carbonyl (C=O) groups is 2. The van der Waals surface area contributed by atoms with E-state index in [9.17, 15) is 9.59 Å². The second kappa shape index (κ2) is 21.1. The highest BCUT2D eigenvalue weighted by Crippen LogP contribution is 2.34. The molecule has 4 N–H and O–H groups in total. The Morgan fingerprint density at radius 2 is 0.871 bits per heavy atom. The Bertz CT molecular complexity index is 2890. The van der Waals surface area contributed by atoms with Crippen molar-refractivity contribution in [1.29, 1.82) is 0 Å². The van der Waals surface area contributed by atoms with E-state index >= 15 is 0 Å². The number of hydrogen-bond donors (Lipinski definition) is 4. The molecule has 6 heterocycles. The molecule has 2 amide bonds. The molecule has 4 atom stereocenters. The monoisotopic (exact) mass is 941 g/mol. The van der Waals surface area contributed by atoms with E-state index in [1.165, 1.54) is 0 Å². The summed E-state index contributed by atoms with van der Waals surface area (Å²) in [6.07, 6.45) is 25.4. The Hall–Kier alpha value is -8.02. The zero-order valence-electron chi connectivity index (χ0n) is 40.5. The largest absolute Gasteiger partial charge is 0.369 e. The second-order valence-electron chi connectivity index (χ2n) is 18.4. The minimum atomic E-state index is 0.0239. The first-order valence-corrected chi connectivity index (χ1v) is 23.9. The van der Waals surface area contributed by atoms with Crippen LogP contribution in [-0.4, -0.2) is 96.0 Å². The Morgan fingerprint density at radius 3 is 1.23 bits per heavy atom. The summed E-state index contributed by atoms with van der Waals surface area (Å²) < 4.78 is 7.13. The van der Waals surface area contributed by atoms with Crippen molar-refractivity contribution >= 4 is 23.5 Å². The first kappa shape index (κ1) is 47.1. The van der Waals surface area contributed by atoms with Gasteiger partial charge in [0.2, 0.25) is 11.8 Å². The van der Waals surface area contributed by atoms with E-state index in [0.29, 0.717) is 23.5 Å². The summed E-state index contributed by atoms with van der Waals surface area (Å²) in [5, 5.41) is 30.6. The van der Waals surface area contributed by atoms with Crippen LogP contribution in [0.4, 0.5) is 11.6 Å². The number of benzene rings is 2. The van der Waals surface area contributed by atoms with Gasteiger partial charge in [0, 0.05) is 149 Å². The number of aryl methyl sites for hydroxylation is 4. The molecule has 0 radical (unpaired) electrons. The second-order valence-corrected chi connectivity index (χ2v) is 18.4. The predicted octanol–water partition coefficient (Wildman–Crippen LogP) is 7.32. The van der Waals surface area contributed by atoms with Crippen molar-refractivity contribution in [2.45, 2.75) is 64.5 Å². The Labute approximate surface area is 407 Å². The lowest BCUT2D eigenvalue weighted by atomic mass is 10.0. The summed E-state index contributed by atoms with van der Waals surface area (Å²) in [6, 6.07) is 16.8. The molecule has 0 unspecified atom stereocenters. The van der Waals surface area contributed by atoms with E-state index in [-0.39, 0.29) is 23.9 Å². The highest BCUT2D eigenvalue weighted by molar-refractivity contribution is 5.78. The van der Waals surface area contributed by atoms with Gasteiger partial charge in [-0.2, -0.15) is 20.4 Å². The highest BCUT2D eigenvalue weighted by Gasteiger charge is 2.29. The van der Waals surface area contributed by atoms with Crippen molar-refractivity contribution in [3.05, 3.63) is 110 Å². The molecular formula is C52H60N16O2. The molecule has 0 saturated heterocycles. The quantitative estimate of drug-likeness (QED) is 0.0847. The molecule has 2 fully saturated rings. The molecule has 10 rings (SSSR count). The molecule has 2 aromatic carbocycles. The fourth-order valence-corrected chi connectivity index (χ4v) is 9.59. The van der Waals surface area contributed by atoms with Gasteiger partial charge in [0.15, 0.2) is 11.6 Å². The van der Waals surface area contributed by atoms with Crippen LogP contribution in [0.5, 0.6) is 0 Å². The number of rotatable bonds is 14. The standard InChI is InChI=1S/2C26H30N8O/c2*1-17(35)31-24-9-5-8-20(24)11-27-26-23(22-13-30-34(3)16-22)14-28-25(32-26)19-7-4-6-18(10-19)21-12-29-33(2)15-21/h2*4,6-7,10,12-16,20,24H,5,8-9,11H2,1-3H3,(H,31,35)(H,27,28,32)/t20-,24+;20-,24-/m11/s1. The smallest absolute Gasteiger partial charge is 0.217 e. The summed E-state index contributed by atoms with van der Waals surface area (Å²) in [4.78, 5) is 42.6. The minimum absolute atomic E-state index is 0.0239. The lowest BCUT2D eigenvalue weighted by Gasteiger charge is -2.21. The molecule has 0 spiro atoms. The fraction of sp³-hybridized carbons (Fsp3) is 0.346. The maximum atomic E-state index is 11.6. The van der Waals surface area contributed by atoms with Crippen LogP contribution < -0.4 is 21.3 Å². The van der Waals surface area contributed by atoms with Crippen LogP contribution in [0.3, 0.4) is 0 Å². The molecule has 6 aromatic heterocycles. The van der Waals surface area contributed by atoms with Gasteiger partial charge in [0.05, 0.1) is 24.8 Å². The zero-order chi connectivity index (χ0) is 48.7. The molecule has 2 saturated carbocycles. The number of hydrogen-bond acceptors (Lipinski definition) is 12. The van der Waals surface area contributed by atoms with Gasteiger partial charge in [-0.1, -0.05) is 49.2 Å². The average molecular weight is 941 g/mol. The van der Waals surface area contributed by atoms with Crippen LogP contribution in [0.2, 0.25) is 0 Å². The minimum Gasteiger partial charge on any atom is -0.369 e. The number of anilines is 2. The molecule has 18 heteroatoms. The highest BCUT2D eigenvalue weighted by atomic mass is 16.2. The zero-order valence-corrected chi connectivity index (χ0v) is 40.5. The van der Waals surface area contributed by atoms with Crippen molar-refractivity contribution in [1.82, 2.24) is 69.7 Å². The van der Waals surface area contributed by atoms with Crippen LogP contribution in [0, 0.1) is 11.8 Å². The van der Waals surface area contributed by atoms with Gasteiger partial charge in [-0.15, -0.1) is 0 Å². The summed E-state index contributed by atoms with van der Waals surface area (Å²) in [7, 11) is 7.61. The SMILES string of the molecule is CC(=O)N[C@@H]1CCC[C@@H]1CNc1nc(-c2cccc(-c3cnn(C)c3)c2)ncc1-c1cnn(C)c1.CC(=O)N[C@H]1CCC[C@@H]1CNc1nc(-c2cccc(-c3cnn(C)c3)c2)ncc1-c1cnn(C)c1. The number of nitrogens with one attached hydrogen (secondary N) is 4. The Morgan fingerprint density at radius 1 is 0.500 bits per heavy atom. The number of amides is 2. The van der Waals surface area contributed by atoms with E-state index in [4.69, 9.17) is 19.9 Å². The van der Waals surface area contributed by atoms with E-state index < -0.39 is 0 Å². The maximum absolute atomic E-state index is 11.6. The normalized spacial score (nSPS) is 17.5. The first-order valence-electron chi connectivity index (χ1n) is 23.9. The third-order valence-electron chi connectivity index (χ3n) is 13.1. The molecule has 18 nitrogen and oxygen atoms in total. The van der Waals surface area contributed by atoms with Crippen LogP contribution in [-0.2, 0) is 37.8 Å². The summed E-state index contributed by atoms with van der Waals surface area (Å²) in [6.45, 7) is 4.62. The Balaban J connectivity index is 0.000000174. The molecule has 8 aromatic rings. The number of nitrogens with zero attached hydrogens (tertiary/aromatic N) is 12. The van der Waals surface area contributed by atoms with Gasteiger partial charge >= 0.3 is 0 Å². The molecule has 360 valence electrons.